The fourth-order valence-corrected chi connectivity index (χ4v) is 1.75. The molecule has 0 saturated carbocycles. The van der Waals surface area contributed by atoms with Gasteiger partial charge in [0.2, 0.25) is 11.7 Å². The molecular formula is C13H14N4O3. The number of pyridine rings is 2. The predicted molar refractivity (Wildman–Crippen MR) is 73.7 cm³/mol. The van der Waals surface area contributed by atoms with Crippen LogP contribution in [0.25, 0.3) is 0 Å². The van der Waals surface area contributed by atoms with Crippen LogP contribution in [0.4, 0.5) is 11.5 Å². The van der Waals surface area contributed by atoms with Crippen LogP contribution in [0.5, 0.6) is 5.88 Å². The summed E-state index contributed by atoms with van der Waals surface area (Å²) in [7, 11) is 1.53. The van der Waals surface area contributed by atoms with E-state index in [0.29, 0.717) is 12.4 Å². The van der Waals surface area contributed by atoms with Gasteiger partial charge in [0.1, 0.15) is 0 Å². The zero-order valence-corrected chi connectivity index (χ0v) is 11.2. The molecule has 0 aliphatic rings. The number of rotatable bonds is 5. The minimum absolute atomic E-state index is 0.0483. The van der Waals surface area contributed by atoms with Crippen LogP contribution in [0.2, 0.25) is 0 Å². The largest absolute Gasteiger partial charge is 0.481 e. The third-order valence-electron chi connectivity index (χ3n) is 2.69. The van der Waals surface area contributed by atoms with Crippen molar-refractivity contribution in [2.75, 3.05) is 12.4 Å². The first-order valence-electron chi connectivity index (χ1n) is 5.94. The number of ether oxygens (including phenoxy) is 1. The summed E-state index contributed by atoms with van der Waals surface area (Å²) in [5, 5.41) is 13.9. The lowest BCUT2D eigenvalue weighted by molar-refractivity contribution is -0.384. The van der Waals surface area contributed by atoms with Gasteiger partial charge in [-0.15, -0.1) is 0 Å². The van der Waals surface area contributed by atoms with Crippen molar-refractivity contribution in [3.8, 4) is 5.88 Å². The highest BCUT2D eigenvalue weighted by molar-refractivity contribution is 5.56. The number of nitrogens with zero attached hydrogens (tertiary/aromatic N) is 3. The Morgan fingerprint density at radius 2 is 2.25 bits per heavy atom. The number of nitrogens with one attached hydrogen (secondary N) is 1. The van der Waals surface area contributed by atoms with Crippen LogP contribution in [0.3, 0.4) is 0 Å². The molecule has 2 heterocycles. The van der Waals surface area contributed by atoms with Crippen LogP contribution < -0.4 is 10.1 Å². The Balaban J connectivity index is 2.21. The van der Waals surface area contributed by atoms with Crippen LogP contribution >= 0.6 is 0 Å². The van der Waals surface area contributed by atoms with Gasteiger partial charge in [0, 0.05) is 30.6 Å². The minimum atomic E-state index is -0.456. The van der Waals surface area contributed by atoms with E-state index >= 15 is 0 Å². The number of aryl methyl sites for hydroxylation is 1. The second-order valence-corrected chi connectivity index (χ2v) is 4.16. The van der Waals surface area contributed by atoms with Gasteiger partial charge in [-0.05, 0) is 18.6 Å². The highest BCUT2D eigenvalue weighted by Gasteiger charge is 2.15. The summed E-state index contributed by atoms with van der Waals surface area (Å²) in [5.41, 5.74) is 1.49. The first-order chi connectivity index (χ1) is 9.61. The monoisotopic (exact) mass is 274 g/mol. The normalized spacial score (nSPS) is 10.1. The molecule has 104 valence electrons. The molecule has 0 atom stereocenters. The molecular weight excluding hydrogens is 260 g/mol. The van der Waals surface area contributed by atoms with Crippen LogP contribution in [-0.4, -0.2) is 22.0 Å². The Labute approximate surface area is 115 Å². The lowest BCUT2D eigenvalue weighted by Crippen LogP contribution is -2.06. The van der Waals surface area contributed by atoms with Gasteiger partial charge in [0.25, 0.3) is 0 Å². The van der Waals surface area contributed by atoms with Gasteiger partial charge in [-0.3, -0.25) is 10.1 Å². The Kier molecular flexibility index (Phi) is 4.09. The number of anilines is 1. The molecule has 0 aliphatic carbocycles. The van der Waals surface area contributed by atoms with E-state index in [9.17, 15) is 10.1 Å². The molecule has 2 rings (SSSR count). The molecule has 7 heteroatoms. The number of methoxy groups -OCH3 is 1. The van der Waals surface area contributed by atoms with Gasteiger partial charge in [-0.25, -0.2) is 9.97 Å². The van der Waals surface area contributed by atoms with E-state index in [4.69, 9.17) is 4.74 Å². The van der Waals surface area contributed by atoms with Crippen molar-refractivity contribution in [1.82, 2.24) is 9.97 Å². The molecule has 0 aliphatic heterocycles. The number of hydrogen-bond acceptors (Lipinski definition) is 6. The van der Waals surface area contributed by atoms with Gasteiger partial charge < -0.3 is 10.1 Å². The van der Waals surface area contributed by atoms with Gasteiger partial charge >= 0.3 is 5.69 Å². The van der Waals surface area contributed by atoms with Gasteiger partial charge in [-0.2, -0.15) is 0 Å². The highest BCUT2D eigenvalue weighted by atomic mass is 16.6. The van der Waals surface area contributed by atoms with E-state index in [1.165, 1.54) is 13.2 Å². The van der Waals surface area contributed by atoms with Gasteiger partial charge in [0.15, 0.2) is 0 Å². The maximum Gasteiger partial charge on any atom is 0.311 e. The summed E-state index contributed by atoms with van der Waals surface area (Å²) in [6, 6.07) is 5.09. The Morgan fingerprint density at radius 3 is 2.95 bits per heavy atom. The number of nitro groups is 1. The predicted octanol–water partition coefficient (Wildman–Crippen LogP) is 2.31. The van der Waals surface area contributed by atoms with Crippen molar-refractivity contribution in [1.29, 1.82) is 0 Å². The van der Waals surface area contributed by atoms with Crippen LogP contribution in [0, 0.1) is 17.0 Å². The second kappa shape index (κ2) is 5.96. The summed E-state index contributed by atoms with van der Waals surface area (Å²) in [6.07, 6.45) is 3.20. The van der Waals surface area contributed by atoms with Crippen molar-refractivity contribution in [3.63, 3.8) is 0 Å². The maximum absolute atomic E-state index is 11.0. The van der Waals surface area contributed by atoms with E-state index < -0.39 is 4.92 Å². The smallest absolute Gasteiger partial charge is 0.311 e. The lowest BCUT2D eigenvalue weighted by Gasteiger charge is -2.09. The quantitative estimate of drug-likeness (QED) is 0.664. The second-order valence-electron chi connectivity index (χ2n) is 4.16. The summed E-state index contributed by atoms with van der Waals surface area (Å²) >= 11 is 0. The molecule has 0 unspecified atom stereocenters. The van der Waals surface area contributed by atoms with Gasteiger partial charge in [0.05, 0.1) is 12.0 Å². The molecule has 0 spiro atoms. The Morgan fingerprint density at radius 1 is 1.45 bits per heavy atom. The van der Waals surface area contributed by atoms with E-state index in [0.717, 1.165) is 11.1 Å². The summed E-state index contributed by atoms with van der Waals surface area (Å²) in [5.74, 6) is 0.710. The Hall–Kier alpha value is -2.70. The number of aromatic nitrogens is 2. The average Bonchev–Trinajstić information content (AvgIpc) is 2.46. The van der Waals surface area contributed by atoms with Crippen molar-refractivity contribution >= 4 is 11.5 Å². The van der Waals surface area contributed by atoms with Crippen molar-refractivity contribution in [3.05, 3.63) is 51.8 Å². The zero-order valence-electron chi connectivity index (χ0n) is 11.2. The van der Waals surface area contributed by atoms with Crippen molar-refractivity contribution in [2.45, 2.75) is 13.5 Å². The molecule has 2 aromatic rings. The molecule has 20 heavy (non-hydrogen) atoms. The summed E-state index contributed by atoms with van der Waals surface area (Å²) in [4.78, 5) is 18.7. The molecule has 0 aromatic carbocycles. The molecule has 1 N–H and O–H groups in total. The third kappa shape index (κ3) is 3.00. The SMILES string of the molecule is COc1ncccc1CNc1ncc(C)cc1[N+](=O)[O-]. The van der Waals surface area contributed by atoms with E-state index in [2.05, 4.69) is 15.3 Å². The first kappa shape index (κ1) is 13.7. The average molecular weight is 274 g/mol. The van der Waals surface area contributed by atoms with Crippen LogP contribution in [-0.2, 0) is 6.54 Å². The van der Waals surface area contributed by atoms with Crippen LogP contribution in [0.1, 0.15) is 11.1 Å². The van der Waals surface area contributed by atoms with E-state index in [-0.39, 0.29) is 11.5 Å². The molecule has 0 bridgehead atoms. The lowest BCUT2D eigenvalue weighted by atomic mass is 10.2. The standard InChI is InChI=1S/C13H14N4O3/c1-9-6-11(17(18)19)12(15-7-9)16-8-10-4-3-5-14-13(10)20-2/h3-7H,8H2,1-2H3,(H,15,16). The third-order valence-corrected chi connectivity index (χ3v) is 2.69. The first-order valence-corrected chi connectivity index (χ1v) is 5.94. The molecule has 0 fully saturated rings. The van der Waals surface area contributed by atoms with E-state index in [1.807, 2.05) is 6.07 Å². The van der Waals surface area contributed by atoms with Crippen molar-refractivity contribution < 1.29 is 9.66 Å². The molecule has 0 saturated heterocycles. The Bertz CT molecular complexity index is 631. The van der Waals surface area contributed by atoms with Crippen LogP contribution in [0.15, 0.2) is 30.6 Å². The fourth-order valence-electron chi connectivity index (χ4n) is 1.75. The minimum Gasteiger partial charge on any atom is -0.481 e. The van der Waals surface area contributed by atoms with E-state index in [1.54, 1.807) is 25.4 Å². The maximum atomic E-state index is 11.0. The summed E-state index contributed by atoms with van der Waals surface area (Å²) < 4.78 is 5.13. The molecule has 2 aromatic heterocycles. The summed E-state index contributed by atoms with van der Waals surface area (Å²) in [6.45, 7) is 2.10. The topological polar surface area (TPSA) is 90.2 Å². The number of hydrogen-bond donors (Lipinski definition) is 1. The molecule has 0 radical (unpaired) electrons. The van der Waals surface area contributed by atoms with Gasteiger partial charge in [-0.1, -0.05) is 6.07 Å². The fraction of sp³-hybridized carbons (Fsp3) is 0.231. The highest BCUT2D eigenvalue weighted by Crippen LogP contribution is 2.24. The van der Waals surface area contributed by atoms with Crippen molar-refractivity contribution in [2.24, 2.45) is 0 Å². The molecule has 0 amide bonds. The molecule has 7 nitrogen and oxygen atoms in total. The zero-order chi connectivity index (χ0) is 14.5.